The molecular weight excluding hydrogens is 251 g/mol. The van der Waals surface area contributed by atoms with E-state index >= 15 is 0 Å². The molecule has 3 rings (SSSR count). The lowest BCUT2D eigenvalue weighted by molar-refractivity contribution is -0.117. The minimum Gasteiger partial charge on any atom is -0.302 e. The Labute approximate surface area is 108 Å². The van der Waals surface area contributed by atoms with Gasteiger partial charge in [-0.3, -0.25) is 4.79 Å². The molecule has 0 spiro atoms. The van der Waals surface area contributed by atoms with E-state index in [0.29, 0.717) is 5.13 Å². The van der Waals surface area contributed by atoms with Gasteiger partial charge in [0, 0.05) is 16.9 Å². The van der Waals surface area contributed by atoms with Gasteiger partial charge < -0.3 is 5.32 Å². The van der Waals surface area contributed by atoms with Crippen molar-refractivity contribution in [2.75, 3.05) is 5.32 Å². The Bertz CT molecular complexity index is 575. The zero-order valence-corrected chi connectivity index (χ0v) is 10.3. The summed E-state index contributed by atoms with van der Waals surface area (Å²) in [5, 5.41) is 5.26. The van der Waals surface area contributed by atoms with Crippen molar-refractivity contribution in [1.82, 2.24) is 4.98 Å². The third-order valence-corrected chi connectivity index (χ3v) is 3.58. The molecule has 1 fully saturated rings. The quantitative estimate of drug-likeness (QED) is 0.922. The normalized spacial score (nSPS) is 14.5. The van der Waals surface area contributed by atoms with Gasteiger partial charge in [0.15, 0.2) is 5.13 Å². The Balaban J connectivity index is 1.76. The Hall–Kier alpha value is -1.75. The summed E-state index contributed by atoms with van der Waals surface area (Å²) >= 11 is 1.39. The number of thiazole rings is 1. The molecule has 0 unspecified atom stereocenters. The maximum absolute atomic E-state index is 12.8. The van der Waals surface area contributed by atoms with Crippen molar-refractivity contribution in [1.29, 1.82) is 0 Å². The molecule has 1 amide bonds. The van der Waals surface area contributed by atoms with E-state index in [9.17, 15) is 9.18 Å². The van der Waals surface area contributed by atoms with E-state index in [1.165, 1.54) is 23.5 Å². The zero-order valence-electron chi connectivity index (χ0n) is 9.52. The first kappa shape index (κ1) is 11.3. The highest BCUT2D eigenvalue weighted by molar-refractivity contribution is 7.14. The topological polar surface area (TPSA) is 42.0 Å². The number of aromatic nitrogens is 1. The van der Waals surface area contributed by atoms with E-state index < -0.39 is 0 Å². The predicted molar refractivity (Wildman–Crippen MR) is 68.9 cm³/mol. The van der Waals surface area contributed by atoms with Crippen LogP contribution in [0, 0.1) is 11.7 Å². The van der Waals surface area contributed by atoms with Crippen LogP contribution in [0.15, 0.2) is 29.6 Å². The second-order valence-corrected chi connectivity index (χ2v) is 5.17. The fraction of sp³-hybridized carbons (Fsp3) is 0.231. The summed E-state index contributed by atoms with van der Waals surface area (Å²) in [5.74, 6) is -0.0468. The van der Waals surface area contributed by atoms with Crippen LogP contribution < -0.4 is 5.32 Å². The Morgan fingerprint density at radius 3 is 2.72 bits per heavy atom. The van der Waals surface area contributed by atoms with E-state index in [1.54, 1.807) is 12.1 Å². The SMILES string of the molecule is O=C(Nc1nc(-c2ccc(F)cc2)cs1)C1CC1. The number of benzene rings is 1. The Kier molecular flexibility index (Phi) is 2.83. The van der Waals surface area contributed by atoms with Crippen molar-refractivity contribution >= 4 is 22.4 Å². The summed E-state index contributed by atoms with van der Waals surface area (Å²) < 4.78 is 12.8. The molecule has 1 N–H and O–H groups in total. The number of halogens is 1. The molecule has 1 saturated carbocycles. The van der Waals surface area contributed by atoms with Gasteiger partial charge >= 0.3 is 0 Å². The van der Waals surface area contributed by atoms with E-state index in [2.05, 4.69) is 10.3 Å². The van der Waals surface area contributed by atoms with Crippen LogP contribution in [0.4, 0.5) is 9.52 Å². The summed E-state index contributed by atoms with van der Waals surface area (Å²) in [7, 11) is 0. The lowest BCUT2D eigenvalue weighted by Gasteiger charge is -1.98. The number of nitrogens with zero attached hydrogens (tertiary/aromatic N) is 1. The number of carbonyl (C=O) groups is 1. The molecule has 1 aliphatic carbocycles. The van der Waals surface area contributed by atoms with Crippen LogP contribution in [0.5, 0.6) is 0 Å². The smallest absolute Gasteiger partial charge is 0.229 e. The summed E-state index contributed by atoms with van der Waals surface area (Å²) in [4.78, 5) is 15.9. The average molecular weight is 262 g/mol. The minimum atomic E-state index is -0.267. The van der Waals surface area contributed by atoms with Gasteiger partial charge in [0.2, 0.25) is 5.91 Å². The molecule has 3 nitrogen and oxygen atoms in total. The van der Waals surface area contributed by atoms with Crippen LogP contribution in [-0.4, -0.2) is 10.9 Å². The molecule has 0 atom stereocenters. The predicted octanol–water partition coefficient (Wildman–Crippen LogP) is 3.30. The molecule has 5 heteroatoms. The second-order valence-electron chi connectivity index (χ2n) is 4.31. The number of anilines is 1. The van der Waals surface area contributed by atoms with E-state index in [1.807, 2.05) is 5.38 Å². The fourth-order valence-corrected chi connectivity index (χ4v) is 2.36. The average Bonchev–Trinajstić information content (AvgIpc) is 3.12. The molecule has 1 aromatic carbocycles. The number of amides is 1. The maximum Gasteiger partial charge on any atom is 0.229 e. The first-order valence-corrected chi connectivity index (χ1v) is 6.63. The molecule has 18 heavy (non-hydrogen) atoms. The van der Waals surface area contributed by atoms with E-state index in [-0.39, 0.29) is 17.6 Å². The number of hydrogen-bond donors (Lipinski definition) is 1. The standard InChI is InChI=1S/C13H11FN2OS/c14-10-5-3-8(4-6-10)11-7-18-13(15-11)16-12(17)9-1-2-9/h3-7,9H,1-2H2,(H,15,16,17). The van der Waals surface area contributed by atoms with Crippen LogP contribution in [-0.2, 0) is 4.79 Å². The van der Waals surface area contributed by atoms with Gasteiger partial charge in [-0.25, -0.2) is 9.37 Å². The van der Waals surface area contributed by atoms with Crippen molar-refractivity contribution in [3.05, 3.63) is 35.5 Å². The van der Waals surface area contributed by atoms with Crippen molar-refractivity contribution in [3.63, 3.8) is 0 Å². The van der Waals surface area contributed by atoms with Crippen LogP contribution in [0.1, 0.15) is 12.8 Å². The van der Waals surface area contributed by atoms with Crippen molar-refractivity contribution < 1.29 is 9.18 Å². The first-order valence-electron chi connectivity index (χ1n) is 5.75. The number of rotatable bonds is 3. The minimum absolute atomic E-state index is 0.0509. The summed E-state index contributed by atoms with van der Waals surface area (Å²) in [6.45, 7) is 0. The molecule has 1 aromatic heterocycles. The fourth-order valence-electron chi connectivity index (χ4n) is 1.64. The van der Waals surface area contributed by atoms with Gasteiger partial charge in [0.25, 0.3) is 0 Å². The highest BCUT2D eigenvalue weighted by atomic mass is 32.1. The van der Waals surface area contributed by atoms with Crippen molar-refractivity contribution in [2.24, 2.45) is 5.92 Å². The Morgan fingerprint density at radius 2 is 2.06 bits per heavy atom. The summed E-state index contributed by atoms with van der Waals surface area (Å²) in [6.07, 6.45) is 1.95. The van der Waals surface area contributed by atoms with Crippen LogP contribution in [0.2, 0.25) is 0 Å². The van der Waals surface area contributed by atoms with E-state index in [4.69, 9.17) is 0 Å². The highest BCUT2D eigenvalue weighted by Gasteiger charge is 2.30. The molecule has 0 saturated heterocycles. The largest absolute Gasteiger partial charge is 0.302 e. The number of hydrogen-bond acceptors (Lipinski definition) is 3. The monoisotopic (exact) mass is 262 g/mol. The molecule has 0 bridgehead atoms. The molecule has 92 valence electrons. The highest BCUT2D eigenvalue weighted by Crippen LogP contribution is 2.31. The number of nitrogens with one attached hydrogen (secondary N) is 1. The van der Waals surface area contributed by atoms with Gasteiger partial charge in [-0.05, 0) is 37.1 Å². The molecule has 0 aliphatic heterocycles. The Morgan fingerprint density at radius 1 is 1.33 bits per heavy atom. The van der Waals surface area contributed by atoms with Crippen LogP contribution in [0.3, 0.4) is 0 Å². The van der Waals surface area contributed by atoms with Gasteiger partial charge in [0.05, 0.1) is 5.69 Å². The van der Waals surface area contributed by atoms with Crippen LogP contribution >= 0.6 is 11.3 Å². The van der Waals surface area contributed by atoms with Gasteiger partial charge in [-0.1, -0.05) is 0 Å². The van der Waals surface area contributed by atoms with Gasteiger partial charge in [-0.15, -0.1) is 11.3 Å². The summed E-state index contributed by atoms with van der Waals surface area (Å²) in [6, 6.07) is 6.15. The lowest BCUT2D eigenvalue weighted by Crippen LogP contribution is -2.12. The summed E-state index contributed by atoms with van der Waals surface area (Å²) in [5.41, 5.74) is 1.60. The van der Waals surface area contributed by atoms with Crippen LogP contribution in [0.25, 0.3) is 11.3 Å². The molecule has 0 radical (unpaired) electrons. The van der Waals surface area contributed by atoms with Gasteiger partial charge in [0.1, 0.15) is 5.82 Å². The third kappa shape index (κ3) is 2.41. The maximum atomic E-state index is 12.8. The second kappa shape index (κ2) is 4.49. The molecule has 1 heterocycles. The first-order chi connectivity index (χ1) is 8.72. The van der Waals surface area contributed by atoms with Crippen molar-refractivity contribution in [2.45, 2.75) is 12.8 Å². The van der Waals surface area contributed by atoms with Crippen molar-refractivity contribution in [3.8, 4) is 11.3 Å². The molecular formula is C13H11FN2OS. The third-order valence-electron chi connectivity index (χ3n) is 2.82. The molecule has 2 aromatic rings. The lowest BCUT2D eigenvalue weighted by atomic mass is 10.2. The molecule has 1 aliphatic rings. The van der Waals surface area contributed by atoms with Gasteiger partial charge in [-0.2, -0.15) is 0 Å². The number of carbonyl (C=O) groups excluding carboxylic acids is 1. The van der Waals surface area contributed by atoms with E-state index in [0.717, 1.165) is 24.1 Å². The zero-order chi connectivity index (χ0) is 12.5.